The van der Waals surface area contributed by atoms with Crippen LogP contribution in [0.4, 0.5) is 5.82 Å². The van der Waals surface area contributed by atoms with Crippen LogP contribution in [0, 0.1) is 18.3 Å². The molecular formula is C20H19N5O. The molecule has 1 saturated carbocycles. The summed E-state index contributed by atoms with van der Waals surface area (Å²) in [5, 5.41) is 17.9. The van der Waals surface area contributed by atoms with Gasteiger partial charge in [-0.05, 0) is 44.0 Å². The van der Waals surface area contributed by atoms with Crippen molar-refractivity contribution >= 4 is 22.6 Å². The second kappa shape index (κ2) is 6.60. The minimum atomic E-state index is -0.244. The number of carbonyl (C=O) groups is 1. The van der Waals surface area contributed by atoms with Crippen molar-refractivity contribution in [3.8, 4) is 6.07 Å². The maximum Gasteiger partial charge on any atom is 0.256 e. The lowest BCUT2D eigenvalue weighted by Crippen LogP contribution is -2.18. The van der Waals surface area contributed by atoms with Gasteiger partial charge in [0.2, 0.25) is 0 Å². The van der Waals surface area contributed by atoms with Gasteiger partial charge in [-0.3, -0.25) is 9.78 Å². The van der Waals surface area contributed by atoms with Gasteiger partial charge in [-0.1, -0.05) is 18.9 Å². The van der Waals surface area contributed by atoms with E-state index >= 15 is 0 Å². The van der Waals surface area contributed by atoms with Crippen LogP contribution < -0.4 is 5.32 Å². The van der Waals surface area contributed by atoms with E-state index in [9.17, 15) is 10.1 Å². The molecular weight excluding hydrogens is 326 g/mol. The summed E-state index contributed by atoms with van der Waals surface area (Å²) in [6.45, 7) is 1.81. The molecule has 0 aliphatic heterocycles. The van der Waals surface area contributed by atoms with Crippen LogP contribution >= 0.6 is 0 Å². The van der Waals surface area contributed by atoms with E-state index in [4.69, 9.17) is 0 Å². The van der Waals surface area contributed by atoms with Crippen molar-refractivity contribution in [3.05, 3.63) is 53.3 Å². The molecule has 1 fully saturated rings. The number of hydrogen-bond donors (Lipinski definition) is 1. The molecule has 0 spiro atoms. The average molecular weight is 345 g/mol. The zero-order valence-corrected chi connectivity index (χ0v) is 14.6. The van der Waals surface area contributed by atoms with Crippen molar-refractivity contribution in [2.75, 3.05) is 5.32 Å². The first-order valence-electron chi connectivity index (χ1n) is 8.82. The van der Waals surface area contributed by atoms with E-state index in [1.807, 2.05) is 28.9 Å². The summed E-state index contributed by atoms with van der Waals surface area (Å²) in [6.07, 6.45) is 6.07. The fraction of sp³-hybridized carbons (Fsp3) is 0.300. The summed E-state index contributed by atoms with van der Waals surface area (Å²) < 4.78 is 1.83. The molecule has 3 aromatic rings. The first-order chi connectivity index (χ1) is 12.7. The Balaban J connectivity index is 1.69. The van der Waals surface area contributed by atoms with Gasteiger partial charge >= 0.3 is 0 Å². The topological polar surface area (TPSA) is 83.6 Å². The highest BCUT2D eigenvalue weighted by Gasteiger charge is 2.25. The standard InChI is InChI=1S/C20H19N5O/c1-13-17(12-21)19(25(24-13)16-6-2-3-7-16)23-20(26)15-8-9-18-14(11-15)5-4-10-22-18/h4-5,8-11,16H,2-3,6-7H2,1H3,(H,23,26). The van der Waals surface area contributed by atoms with Crippen LogP contribution in [0.15, 0.2) is 36.5 Å². The quantitative estimate of drug-likeness (QED) is 0.778. The summed E-state index contributed by atoms with van der Waals surface area (Å²) in [7, 11) is 0. The molecule has 2 aromatic heterocycles. The molecule has 1 N–H and O–H groups in total. The Kier molecular flexibility index (Phi) is 4.13. The van der Waals surface area contributed by atoms with Crippen LogP contribution in [-0.4, -0.2) is 20.7 Å². The van der Waals surface area contributed by atoms with Crippen molar-refractivity contribution in [2.45, 2.75) is 38.6 Å². The molecule has 0 atom stereocenters. The number of nitrogens with one attached hydrogen (secondary N) is 1. The normalized spacial score (nSPS) is 14.5. The molecule has 1 aromatic carbocycles. The third kappa shape index (κ3) is 2.82. The van der Waals surface area contributed by atoms with E-state index in [-0.39, 0.29) is 11.9 Å². The predicted octanol–water partition coefficient (Wildman–Crippen LogP) is 3.98. The van der Waals surface area contributed by atoms with Crippen molar-refractivity contribution in [1.82, 2.24) is 14.8 Å². The third-order valence-corrected chi connectivity index (χ3v) is 4.96. The lowest BCUT2D eigenvalue weighted by Gasteiger charge is -2.15. The SMILES string of the molecule is Cc1nn(C2CCCC2)c(NC(=O)c2ccc3ncccc3c2)c1C#N. The summed E-state index contributed by atoms with van der Waals surface area (Å²) in [5.41, 5.74) is 2.46. The minimum absolute atomic E-state index is 0.243. The average Bonchev–Trinajstić information content (AvgIpc) is 3.29. The van der Waals surface area contributed by atoms with E-state index in [1.165, 1.54) is 0 Å². The van der Waals surface area contributed by atoms with Crippen LogP contribution in [0.5, 0.6) is 0 Å². The molecule has 6 heteroatoms. The summed E-state index contributed by atoms with van der Waals surface area (Å²) in [4.78, 5) is 17.1. The third-order valence-electron chi connectivity index (χ3n) is 4.96. The smallest absolute Gasteiger partial charge is 0.256 e. The van der Waals surface area contributed by atoms with Crippen LogP contribution in [0.1, 0.15) is 53.3 Å². The van der Waals surface area contributed by atoms with Crippen LogP contribution in [0.3, 0.4) is 0 Å². The molecule has 1 aliphatic rings. The minimum Gasteiger partial charge on any atom is -0.306 e. The first-order valence-corrected chi connectivity index (χ1v) is 8.82. The molecule has 0 saturated heterocycles. The van der Waals surface area contributed by atoms with E-state index in [1.54, 1.807) is 19.2 Å². The Morgan fingerprint density at radius 3 is 2.88 bits per heavy atom. The fourth-order valence-electron chi connectivity index (χ4n) is 3.61. The Morgan fingerprint density at radius 1 is 1.31 bits per heavy atom. The number of anilines is 1. The summed E-state index contributed by atoms with van der Waals surface area (Å²) in [5.74, 6) is 0.264. The van der Waals surface area contributed by atoms with Gasteiger partial charge in [0.15, 0.2) is 0 Å². The predicted molar refractivity (Wildman–Crippen MR) is 98.9 cm³/mol. The second-order valence-electron chi connectivity index (χ2n) is 6.67. The van der Waals surface area contributed by atoms with Crippen molar-refractivity contribution in [1.29, 1.82) is 5.26 Å². The van der Waals surface area contributed by atoms with Gasteiger partial charge in [-0.2, -0.15) is 10.4 Å². The molecule has 4 rings (SSSR count). The molecule has 1 aliphatic carbocycles. The second-order valence-corrected chi connectivity index (χ2v) is 6.67. The van der Waals surface area contributed by atoms with Gasteiger partial charge in [0.1, 0.15) is 17.5 Å². The number of hydrogen-bond acceptors (Lipinski definition) is 4. The molecule has 130 valence electrons. The largest absolute Gasteiger partial charge is 0.306 e. The Bertz CT molecular complexity index is 1020. The van der Waals surface area contributed by atoms with Gasteiger partial charge < -0.3 is 5.32 Å². The van der Waals surface area contributed by atoms with Gasteiger partial charge in [0.05, 0.1) is 17.3 Å². The molecule has 26 heavy (non-hydrogen) atoms. The number of pyridine rings is 1. The maximum atomic E-state index is 12.8. The molecule has 1 amide bonds. The van der Waals surface area contributed by atoms with Gasteiger partial charge in [0, 0.05) is 17.1 Å². The monoisotopic (exact) mass is 345 g/mol. The number of aromatic nitrogens is 3. The Labute approximate surface area is 151 Å². The number of aryl methyl sites for hydroxylation is 1. The molecule has 0 radical (unpaired) electrons. The number of carbonyl (C=O) groups excluding carboxylic acids is 1. The highest BCUT2D eigenvalue weighted by Crippen LogP contribution is 2.33. The summed E-state index contributed by atoms with van der Waals surface area (Å²) >= 11 is 0. The molecule has 0 unspecified atom stereocenters. The van der Waals surface area contributed by atoms with Crippen molar-refractivity contribution in [3.63, 3.8) is 0 Å². The van der Waals surface area contributed by atoms with Crippen molar-refractivity contribution in [2.24, 2.45) is 0 Å². The number of amides is 1. The highest BCUT2D eigenvalue weighted by molar-refractivity contribution is 6.06. The number of fused-ring (bicyclic) bond motifs is 1. The van der Waals surface area contributed by atoms with Gasteiger partial charge in [0.25, 0.3) is 5.91 Å². The van der Waals surface area contributed by atoms with E-state index < -0.39 is 0 Å². The number of nitrogens with zero attached hydrogens (tertiary/aromatic N) is 4. The molecule has 2 heterocycles. The molecule has 6 nitrogen and oxygen atoms in total. The van der Waals surface area contributed by atoms with Crippen LogP contribution in [-0.2, 0) is 0 Å². The van der Waals surface area contributed by atoms with Crippen LogP contribution in [0.2, 0.25) is 0 Å². The number of rotatable bonds is 3. The van der Waals surface area contributed by atoms with E-state index in [2.05, 4.69) is 21.5 Å². The summed E-state index contributed by atoms with van der Waals surface area (Å²) in [6, 6.07) is 11.6. The number of benzene rings is 1. The zero-order chi connectivity index (χ0) is 18.1. The van der Waals surface area contributed by atoms with Gasteiger partial charge in [-0.15, -0.1) is 0 Å². The zero-order valence-electron chi connectivity index (χ0n) is 14.6. The lowest BCUT2D eigenvalue weighted by molar-refractivity contribution is 0.102. The highest BCUT2D eigenvalue weighted by atomic mass is 16.1. The van der Waals surface area contributed by atoms with Gasteiger partial charge in [-0.25, -0.2) is 4.68 Å². The molecule has 0 bridgehead atoms. The lowest BCUT2D eigenvalue weighted by atomic mass is 10.1. The van der Waals surface area contributed by atoms with Crippen molar-refractivity contribution < 1.29 is 4.79 Å². The van der Waals surface area contributed by atoms with Crippen LogP contribution in [0.25, 0.3) is 10.9 Å². The number of nitriles is 1. The Hall–Kier alpha value is -3.20. The maximum absolute atomic E-state index is 12.8. The van der Waals surface area contributed by atoms with E-state index in [0.717, 1.165) is 36.6 Å². The fourth-order valence-corrected chi connectivity index (χ4v) is 3.61. The Morgan fingerprint density at radius 2 is 2.12 bits per heavy atom. The van der Waals surface area contributed by atoms with E-state index in [0.29, 0.717) is 22.6 Å². The first kappa shape index (κ1) is 16.3.